The quantitative estimate of drug-likeness (QED) is 0.668. The van der Waals surface area contributed by atoms with E-state index in [9.17, 15) is 9.59 Å². The number of hydrogen-bond acceptors (Lipinski definition) is 5. The first-order valence-corrected chi connectivity index (χ1v) is 9.21. The highest BCUT2D eigenvalue weighted by Crippen LogP contribution is 2.36. The number of amides is 3. The predicted molar refractivity (Wildman–Crippen MR) is 101 cm³/mol. The lowest BCUT2D eigenvalue weighted by atomic mass is 9.82. The highest BCUT2D eigenvalue weighted by Gasteiger charge is 2.53. The number of imide groups is 1. The van der Waals surface area contributed by atoms with Crippen LogP contribution in [0.25, 0.3) is 0 Å². The molecular weight excluding hydrogens is 356 g/mol. The highest BCUT2D eigenvalue weighted by atomic mass is 16.5. The number of urea groups is 1. The van der Waals surface area contributed by atoms with E-state index in [-0.39, 0.29) is 18.3 Å². The van der Waals surface area contributed by atoms with Gasteiger partial charge < -0.3 is 9.84 Å². The Kier molecular flexibility index (Phi) is 4.65. The molecule has 28 heavy (non-hydrogen) atoms. The second-order valence-electron chi connectivity index (χ2n) is 6.66. The van der Waals surface area contributed by atoms with E-state index in [0.717, 1.165) is 11.3 Å². The Morgan fingerprint density at radius 1 is 1.00 bits per heavy atom. The first-order chi connectivity index (χ1) is 13.6. The standard InChI is InChI=1S/C21H20N4O3/c1-2-9-17-22-18(28-24-17)14-25-19(26)21(23-20(25)27,15-10-5-3-6-11-15)16-12-7-4-8-13-16/h3-8,10-13H,2,9,14H2,1H3,(H,23,27). The van der Waals surface area contributed by atoms with Crippen molar-refractivity contribution in [3.8, 4) is 0 Å². The lowest BCUT2D eigenvalue weighted by Crippen LogP contribution is -2.45. The van der Waals surface area contributed by atoms with Gasteiger partial charge in [-0.3, -0.25) is 9.69 Å². The third kappa shape index (κ3) is 2.94. The minimum atomic E-state index is -1.29. The zero-order valence-electron chi connectivity index (χ0n) is 15.5. The number of aromatic nitrogens is 2. The molecule has 1 fully saturated rings. The Labute approximate surface area is 162 Å². The third-order valence-electron chi connectivity index (χ3n) is 4.80. The van der Waals surface area contributed by atoms with Gasteiger partial charge in [-0.2, -0.15) is 4.98 Å². The number of hydrogen-bond donors (Lipinski definition) is 1. The van der Waals surface area contributed by atoms with E-state index in [1.54, 1.807) is 0 Å². The van der Waals surface area contributed by atoms with Gasteiger partial charge in [-0.25, -0.2) is 4.79 Å². The molecule has 7 heteroatoms. The largest absolute Gasteiger partial charge is 0.337 e. The monoisotopic (exact) mass is 376 g/mol. The van der Waals surface area contributed by atoms with Gasteiger partial charge in [0.25, 0.3) is 5.91 Å². The number of benzene rings is 2. The molecule has 142 valence electrons. The molecule has 0 spiro atoms. The predicted octanol–water partition coefficient (Wildman–Crippen LogP) is 3.02. The molecule has 4 rings (SSSR count). The lowest BCUT2D eigenvalue weighted by molar-refractivity contribution is -0.130. The zero-order valence-corrected chi connectivity index (χ0v) is 15.5. The van der Waals surface area contributed by atoms with Crippen molar-refractivity contribution >= 4 is 11.9 Å². The fourth-order valence-electron chi connectivity index (χ4n) is 3.47. The van der Waals surface area contributed by atoms with Crippen molar-refractivity contribution in [3.05, 3.63) is 83.5 Å². The molecule has 1 aromatic heterocycles. The molecular formula is C21H20N4O3. The molecule has 0 atom stereocenters. The fraction of sp³-hybridized carbons (Fsp3) is 0.238. The molecule has 0 unspecified atom stereocenters. The number of nitrogens with one attached hydrogen (secondary N) is 1. The molecule has 3 aromatic rings. The van der Waals surface area contributed by atoms with E-state index < -0.39 is 11.6 Å². The van der Waals surface area contributed by atoms with E-state index >= 15 is 0 Å². The van der Waals surface area contributed by atoms with Crippen LogP contribution in [0.4, 0.5) is 4.79 Å². The van der Waals surface area contributed by atoms with Gasteiger partial charge in [0.1, 0.15) is 6.54 Å². The van der Waals surface area contributed by atoms with Gasteiger partial charge in [0.05, 0.1) is 0 Å². The molecule has 7 nitrogen and oxygen atoms in total. The topological polar surface area (TPSA) is 88.3 Å². The summed E-state index contributed by atoms with van der Waals surface area (Å²) in [5.41, 5.74) is 0.102. The van der Waals surface area contributed by atoms with Crippen LogP contribution in [0.15, 0.2) is 65.2 Å². The summed E-state index contributed by atoms with van der Waals surface area (Å²) < 4.78 is 5.22. The minimum absolute atomic E-state index is 0.0667. The van der Waals surface area contributed by atoms with Crippen molar-refractivity contribution in [2.24, 2.45) is 0 Å². The van der Waals surface area contributed by atoms with E-state index in [2.05, 4.69) is 15.5 Å². The van der Waals surface area contributed by atoms with Crippen LogP contribution in [0.3, 0.4) is 0 Å². The minimum Gasteiger partial charge on any atom is -0.337 e. The summed E-state index contributed by atoms with van der Waals surface area (Å²) in [4.78, 5) is 31.7. The number of carbonyl (C=O) groups excluding carboxylic acids is 2. The van der Waals surface area contributed by atoms with Gasteiger partial charge in [-0.15, -0.1) is 0 Å². The number of rotatable bonds is 6. The van der Waals surface area contributed by atoms with Crippen molar-refractivity contribution < 1.29 is 14.1 Å². The molecule has 2 aromatic carbocycles. The maximum absolute atomic E-state index is 13.5. The Hall–Kier alpha value is -3.48. The van der Waals surface area contributed by atoms with Crippen molar-refractivity contribution in [1.29, 1.82) is 0 Å². The van der Waals surface area contributed by atoms with Gasteiger partial charge in [0, 0.05) is 6.42 Å². The van der Waals surface area contributed by atoms with Crippen LogP contribution in [0, 0.1) is 0 Å². The average molecular weight is 376 g/mol. The van der Waals surface area contributed by atoms with Crippen molar-refractivity contribution in [3.63, 3.8) is 0 Å². The SMILES string of the molecule is CCCc1noc(CN2C(=O)NC(c3ccccc3)(c3ccccc3)C2=O)n1. The summed E-state index contributed by atoms with van der Waals surface area (Å²) in [5.74, 6) is 0.441. The molecule has 0 bridgehead atoms. The molecule has 1 N–H and O–H groups in total. The van der Waals surface area contributed by atoms with Gasteiger partial charge in [0.2, 0.25) is 5.89 Å². The van der Waals surface area contributed by atoms with E-state index in [0.29, 0.717) is 23.4 Å². The molecule has 2 heterocycles. The van der Waals surface area contributed by atoms with Crippen LogP contribution < -0.4 is 5.32 Å². The summed E-state index contributed by atoms with van der Waals surface area (Å²) in [6.45, 7) is 1.95. The first kappa shape index (κ1) is 17.9. The molecule has 1 saturated heterocycles. The molecule has 0 aliphatic carbocycles. The second-order valence-corrected chi connectivity index (χ2v) is 6.66. The smallest absolute Gasteiger partial charge is 0.326 e. The van der Waals surface area contributed by atoms with Crippen LogP contribution in [-0.4, -0.2) is 27.0 Å². The number of carbonyl (C=O) groups is 2. The van der Waals surface area contributed by atoms with Crippen LogP contribution in [0.2, 0.25) is 0 Å². The van der Waals surface area contributed by atoms with Gasteiger partial charge in [-0.1, -0.05) is 72.7 Å². The maximum Gasteiger partial charge on any atom is 0.326 e. The Morgan fingerprint density at radius 2 is 1.61 bits per heavy atom. The third-order valence-corrected chi connectivity index (χ3v) is 4.80. The van der Waals surface area contributed by atoms with Crippen molar-refractivity contribution in [2.45, 2.75) is 31.8 Å². The molecule has 1 aliphatic rings. The summed E-state index contributed by atoms with van der Waals surface area (Å²) in [6.07, 6.45) is 1.56. The van der Waals surface area contributed by atoms with E-state index in [4.69, 9.17) is 4.52 Å². The summed E-state index contributed by atoms with van der Waals surface area (Å²) >= 11 is 0. The summed E-state index contributed by atoms with van der Waals surface area (Å²) in [5, 5.41) is 6.79. The Balaban J connectivity index is 1.72. The summed E-state index contributed by atoms with van der Waals surface area (Å²) in [7, 11) is 0. The van der Waals surface area contributed by atoms with Crippen LogP contribution >= 0.6 is 0 Å². The number of nitrogens with zero attached hydrogens (tertiary/aromatic N) is 3. The first-order valence-electron chi connectivity index (χ1n) is 9.21. The summed E-state index contributed by atoms with van der Waals surface area (Å²) in [6, 6.07) is 18.0. The second kappa shape index (κ2) is 7.26. The van der Waals surface area contributed by atoms with Crippen molar-refractivity contribution in [1.82, 2.24) is 20.4 Å². The van der Waals surface area contributed by atoms with Gasteiger partial charge in [0.15, 0.2) is 11.4 Å². The highest BCUT2D eigenvalue weighted by molar-refractivity contribution is 6.09. The number of aryl methyl sites for hydroxylation is 1. The van der Waals surface area contributed by atoms with E-state index in [1.165, 1.54) is 0 Å². The van der Waals surface area contributed by atoms with Crippen LogP contribution in [-0.2, 0) is 23.3 Å². The molecule has 3 amide bonds. The fourth-order valence-corrected chi connectivity index (χ4v) is 3.47. The van der Waals surface area contributed by atoms with Crippen LogP contribution in [0.5, 0.6) is 0 Å². The normalized spacial score (nSPS) is 15.7. The molecule has 0 radical (unpaired) electrons. The van der Waals surface area contributed by atoms with E-state index in [1.807, 2.05) is 67.6 Å². The zero-order chi connectivity index (χ0) is 19.6. The molecule has 0 saturated carbocycles. The average Bonchev–Trinajstić information content (AvgIpc) is 3.28. The molecule has 1 aliphatic heterocycles. The maximum atomic E-state index is 13.5. The van der Waals surface area contributed by atoms with Crippen LogP contribution in [0.1, 0.15) is 36.2 Å². The van der Waals surface area contributed by atoms with Gasteiger partial charge >= 0.3 is 6.03 Å². The Morgan fingerprint density at radius 3 is 2.18 bits per heavy atom. The van der Waals surface area contributed by atoms with Gasteiger partial charge in [-0.05, 0) is 17.5 Å². The lowest BCUT2D eigenvalue weighted by Gasteiger charge is -2.27. The van der Waals surface area contributed by atoms with Crippen molar-refractivity contribution in [2.75, 3.05) is 0 Å². The Bertz CT molecular complexity index is 946.